The second-order valence-electron chi connectivity index (χ2n) is 5.83. The van der Waals surface area contributed by atoms with Crippen LogP contribution in [0, 0.1) is 10.1 Å². The van der Waals surface area contributed by atoms with Gasteiger partial charge in [0, 0.05) is 23.6 Å². The molecule has 0 aliphatic heterocycles. The van der Waals surface area contributed by atoms with Crippen LogP contribution in [0.1, 0.15) is 32.2 Å². The molecule has 22 heavy (non-hydrogen) atoms. The highest BCUT2D eigenvalue weighted by atomic mass is 16.6. The lowest BCUT2D eigenvalue weighted by atomic mass is 9.93. The highest BCUT2D eigenvalue weighted by Gasteiger charge is 2.21. The van der Waals surface area contributed by atoms with E-state index in [1.54, 1.807) is 6.07 Å². The first-order chi connectivity index (χ1) is 10.3. The van der Waals surface area contributed by atoms with Gasteiger partial charge in [-0.1, -0.05) is 25.9 Å². The third kappa shape index (κ3) is 3.91. The van der Waals surface area contributed by atoms with Gasteiger partial charge in [-0.2, -0.15) is 0 Å². The zero-order valence-corrected chi connectivity index (χ0v) is 12.5. The minimum absolute atomic E-state index is 0.0312. The van der Waals surface area contributed by atoms with Crippen LogP contribution < -0.4 is 4.74 Å². The summed E-state index contributed by atoms with van der Waals surface area (Å²) in [5.74, 6) is 0.420. The molecule has 0 fully saturated rings. The number of aromatic nitrogens is 1. The number of rotatable bonds is 4. The second kappa shape index (κ2) is 5.97. The van der Waals surface area contributed by atoms with E-state index >= 15 is 0 Å². The Kier molecular flexibility index (Phi) is 4.25. The Hall–Kier alpha value is -2.70. The van der Waals surface area contributed by atoms with Gasteiger partial charge in [0.1, 0.15) is 11.5 Å². The summed E-state index contributed by atoms with van der Waals surface area (Å²) < 4.78 is 10.3. The maximum absolute atomic E-state index is 11.8. The number of nitro benzene ring substituents is 1. The summed E-state index contributed by atoms with van der Waals surface area (Å²) in [7, 11) is 0. The van der Waals surface area contributed by atoms with Gasteiger partial charge in [-0.3, -0.25) is 14.9 Å². The van der Waals surface area contributed by atoms with Gasteiger partial charge in [-0.25, -0.2) is 0 Å². The van der Waals surface area contributed by atoms with Crippen LogP contribution in [-0.4, -0.2) is 16.0 Å². The Morgan fingerprint density at radius 2 is 1.95 bits per heavy atom. The molecule has 0 N–H and O–H groups in total. The van der Waals surface area contributed by atoms with Crippen molar-refractivity contribution in [3.8, 4) is 5.75 Å². The predicted molar refractivity (Wildman–Crippen MR) is 77.6 cm³/mol. The van der Waals surface area contributed by atoms with Crippen molar-refractivity contribution in [3.63, 3.8) is 0 Å². The van der Waals surface area contributed by atoms with Crippen LogP contribution in [0.25, 0.3) is 0 Å². The molecule has 0 saturated carbocycles. The van der Waals surface area contributed by atoms with Crippen molar-refractivity contribution in [2.45, 2.75) is 32.6 Å². The average molecular weight is 304 g/mol. The van der Waals surface area contributed by atoms with Crippen molar-refractivity contribution in [2.24, 2.45) is 0 Å². The number of nitro groups is 1. The Labute approximate surface area is 127 Å². The van der Waals surface area contributed by atoms with Gasteiger partial charge >= 0.3 is 5.97 Å². The molecule has 2 aromatic rings. The monoisotopic (exact) mass is 304 g/mol. The van der Waals surface area contributed by atoms with E-state index in [4.69, 9.17) is 9.26 Å². The Bertz CT molecular complexity index is 683. The molecule has 0 spiro atoms. The van der Waals surface area contributed by atoms with Gasteiger partial charge in [-0.05, 0) is 12.1 Å². The van der Waals surface area contributed by atoms with Gasteiger partial charge in [0.2, 0.25) is 0 Å². The van der Waals surface area contributed by atoms with Crippen LogP contribution >= 0.6 is 0 Å². The third-order valence-corrected chi connectivity index (χ3v) is 2.90. The molecule has 0 saturated heterocycles. The van der Waals surface area contributed by atoms with Crippen LogP contribution in [0.3, 0.4) is 0 Å². The Morgan fingerprint density at radius 1 is 1.32 bits per heavy atom. The lowest BCUT2D eigenvalue weighted by molar-refractivity contribution is -0.384. The first kappa shape index (κ1) is 15.7. The third-order valence-electron chi connectivity index (χ3n) is 2.90. The van der Waals surface area contributed by atoms with E-state index in [2.05, 4.69) is 5.16 Å². The lowest BCUT2D eigenvalue weighted by Gasteiger charge is -2.12. The molecule has 7 heteroatoms. The summed E-state index contributed by atoms with van der Waals surface area (Å²) in [6.45, 7) is 5.94. The van der Waals surface area contributed by atoms with E-state index in [1.807, 2.05) is 20.8 Å². The van der Waals surface area contributed by atoms with Crippen LogP contribution in [0.15, 0.2) is 34.9 Å². The van der Waals surface area contributed by atoms with E-state index in [1.165, 1.54) is 24.3 Å². The zero-order valence-electron chi connectivity index (χ0n) is 12.5. The summed E-state index contributed by atoms with van der Waals surface area (Å²) >= 11 is 0. The minimum Gasteiger partial charge on any atom is -0.426 e. The molecule has 7 nitrogen and oxygen atoms in total. The molecular formula is C15H16N2O5. The highest BCUT2D eigenvalue weighted by molar-refractivity contribution is 5.74. The zero-order chi connectivity index (χ0) is 16.3. The van der Waals surface area contributed by atoms with Gasteiger partial charge < -0.3 is 9.26 Å². The number of hydrogen-bond acceptors (Lipinski definition) is 6. The molecule has 116 valence electrons. The SMILES string of the molecule is CC(C)(C)c1cc(CC(=O)Oc2ccc([N+](=O)[O-])cc2)no1. The summed E-state index contributed by atoms with van der Waals surface area (Å²) in [5, 5.41) is 14.4. The first-order valence-corrected chi connectivity index (χ1v) is 6.67. The topological polar surface area (TPSA) is 95.5 Å². The fraction of sp³-hybridized carbons (Fsp3) is 0.333. The molecule has 0 unspecified atom stereocenters. The molecule has 0 amide bonds. The van der Waals surface area contributed by atoms with E-state index in [9.17, 15) is 14.9 Å². The maximum atomic E-state index is 11.8. The molecule has 0 bridgehead atoms. The second-order valence-corrected chi connectivity index (χ2v) is 5.83. The Morgan fingerprint density at radius 3 is 2.45 bits per heavy atom. The fourth-order valence-corrected chi connectivity index (χ4v) is 1.70. The van der Waals surface area contributed by atoms with Gasteiger partial charge in [-0.15, -0.1) is 0 Å². The van der Waals surface area contributed by atoms with E-state index in [0.717, 1.165) is 0 Å². The van der Waals surface area contributed by atoms with Crippen molar-refractivity contribution in [1.29, 1.82) is 0 Å². The number of carbonyl (C=O) groups is 1. The van der Waals surface area contributed by atoms with E-state index in [0.29, 0.717) is 11.5 Å². The molecule has 0 aliphatic carbocycles. The van der Waals surface area contributed by atoms with E-state index in [-0.39, 0.29) is 23.3 Å². The predicted octanol–water partition coefficient (Wildman–Crippen LogP) is 3.03. The van der Waals surface area contributed by atoms with Crippen LogP contribution in [0.4, 0.5) is 5.69 Å². The fourth-order valence-electron chi connectivity index (χ4n) is 1.70. The standard InChI is InChI=1S/C15H16N2O5/c1-15(2,3)13-8-10(16-22-13)9-14(18)21-12-6-4-11(5-7-12)17(19)20/h4-8H,9H2,1-3H3. The largest absolute Gasteiger partial charge is 0.426 e. The first-order valence-electron chi connectivity index (χ1n) is 6.67. The number of hydrogen-bond donors (Lipinski definition) is 0. The lowest BCUT2D eigenvalue weighted by Crippen LogP contribution is -2.12. The smallest absolute Gasteiger partial charge is 0.317 e. The van der Waals surface area contributed by atoms with Crippen molar-refractivity contribution in [2.75, 3.05) is 0 Å². The van der Waals surface area contributed by atoms with Gasteiger partial charge in [0.05, 0.1) is 17.0 Å². The molecule has 0 atom stereocenters. The van der Waals surface area contributed by atoms with Gasteiger partial charge in [0.15, 0.2) is 0 Å². The van der Waals surface area contributed by atoms with Crippen molar-refractivity contribution in [3.05, 3.63) is 51.9 Å². The molecular weight excluding hydrogens is 288 g/mol. The van der Waals surface area contributed by atoms with Crippen molar-refractivity contribution >= 4 is 11.7 Å². The molecule has 2 rings (SSSR count). The number of non-ortho nitro benzene ring substituents is 1. The number of esters is 1. The summed E-state index contributed by atoms with van der Waals surface area (Å²) in [5.41, 5.74) is 0.232. The molecule has 0 radical (unpaired) electrons. The number of carbonyl (C=O) groups excluding carboxylic acids is 1. The number of benzene rings is 1. The van der Waals surface area contributed by atoms with Crippen LogP contribution in [0.2, 0.25) is 0 Å². The average Bonchev–Trinajstić information content (AvgIpc) is 2.87. The minimum atomic E-state index is -0.519. The Balaban J connectivity index is 1.98. The summed E-state index contributed by atoms with van der Waals surface area (Å²) in [6.07, 6.45) is -0.0312. The molecule has 1 aromatic heterocycles. The van der Waals surface area contributed by atoms with Gasteiger partial charge in [0.25, 0.3) is 5.69 Å². The van der Waals surface area contributed by atoms with E-state index < -0.39 is 10.9 Å². The molecule has 0 aliphatic rings. The van der Waals surface area contributed by atoms with Crippen LogP contribution in [-0.2, 0) is 16.6 Å². The number of ether oxygens (including phenoxy) is 1. The summed E-state index contributed by atoms with van der Waals surface area (Å²) in [4.78, 5) is 21.8. The molecule has 1 aromatic carbocycles. The van der Waals surface area contributed by atoms with Crippen molar-refractivity contribution < 1.29 is 19.0 Å². The van der Waals surface area contributed by atoms with Crippen molar-refractivity contribution in [1.82, 2.24) is 5.16 Å². The highest BCUT2D eigenvalue weighted by Crippen LogP contribution is 2.23. The number of nitrogens with zero attached hydrogens (tertiary/aromatic N) is 2. The van der Waals surface area contributed by atoms with Crippen LogP contribution in [0.5, 0.6) is 5.75 Å². The normalized spacial score (nSPS) is 11.2. The quantitative estimate of drug-likeness (QED) is 0.373. The summed E-state index contributed by atoms with van der Waals surface area (Å²) in [6, 6.07) is 7.02. The molecule has 1 heterocycles. The maximum Gasteiger partial charge on any atom is 0.317 e.